The molecule has 6 heteroatoms. The third kappa shape index (κ3) is 4.35. The lowest BCUT2D eigenvalue weighted by Gasteiger charge is -2.20. The first-order chi connectivity index (χ1) is 8.51. The van der Waals surface area contributed by atoms with E-state index in [9.17, 15) is 8.42 Å². The standard InChI is InChI=1S/C12H22N2O2S2/c1-4-6-11(12-7-5-8-17-12)14-18(15,16)10(2)9-13-3/h5,7-8,10-11,13-14H,4,6,9H2,1-3H3. The highest BCUT2D eigenvalue weighted by atomic mass is 32.2. The molecule has 0 radical (unpaired) electrons. The maximum Gasteiger partial charge on any atom is 0.216 e. The van der Waals surface area contributed by atoms with Gasteiger partial charge in [-0.15, -0.1) is 11.3 Å². The molecule has 0 spiro atoms. The van der Waals surface area contributed by atoms with E-state index in [1.54, 1.807) is 25.3 Å². The van der Waals surface area contributed by atoms with Crippen molar-refractivity contribution < 1.29 is 8.42 Å². The molecular weight excluding hydrogens is 268 g/mol. The van der Waals surface area contributed by atoms with Gasteiger partial charge in [-0.25, -0.2) is 13.1 Å². The van der Waals surface area contributed by atoms with Crippen LogP contribution in [0, 0.1) is 0 Å². The Balaban J connectivity index is 2.78. The minimum absolute atomic E-state index is 0.0979. The SMILES string of the molecule is CCCC(NS(=O)(=O)C(C)CNC)c1cccs1. The van der Waals surface area contributed by atoms with Gasteiger partial charge in [0.1, 0.15) is 0 Å². The fourth-order valence-electron chi connectivity index (χ4n) is 1.75. The Labute approximate surface area is 114 Å². The van der Waals surface area contributed by atoms with Gasteiger partial charge in [0, 0.05) is 11.4 Å². The van der Waals surface area contributed by atoms with Gasteiger partial charge in [-0.2, -0.15) is 0 Å². The highest BCUT2D eigenvalue weighted by Crippen LogP contribution is 2.24. The lowest BCUT2D eigenvalue weighted by Crippen LogP contribution is -2.39. The molecule has 2 unspecified atom stereocenters. The average molecular weight is 290 g/mol. The highest BCUT2D eigenvalue weighted by molar-refractivity contribution is 7.90. The van der Waals surface area contributed by atoms with Crippen LogP contribution in [-0.2, 0) is 10.0 Å². The summed E-state index contributed by atoms with van der Waals surface area (Å²) in [6, 6.07) is 3.84. The molecule has 1 aromatic heterocycles. The second-order valence-corrected chi connectivity index (χ2v) is 7.50. The summed E-state index contributed by atoms with van der Waals surface area (Å²) in [5.74, 6) is 0. The summed E-state index contributed by atoms with van der Waals surface area (Å²) in [5, 5.41) is 4.44. The van der Waals surface area contributed by atoms with Crippen molar-refractivity contribution in [2.45, 2.75) is 38.0 Å². The van der Waals surface area contributed by atoms with E-state index in [2.05, 4.69) is 17.0 Å². The Morgan fingerprint density at radius 1 is 1.44 bits per heavy atom. The summed E-state index contributed by atoms with van der Waals surface area (Å²) in [7, 11) is -1.52. The largest absolute Gasteiger partial charge is 0.318 e. The molecule has 0 aliphatic heterocycles. The van der Waals surface area contributed by atoms with Crippen LogP contribution in [0.1, 0.15) is 37.6 Å². The number of nitrogens with one attached hydrogen (secondary N) is 2. The van der Waals surface area contributed by atoms with Gasteiger partial charge in [0.15, 0.2) is 0 Å². The summed E-state index contributed by atoms with van der Waals surface area (Å²) in [6.45, 7) is 4.24. The second kappa shape index (κ2) is 7.23. The van der Waals surface area contributed by atoms with Crippen LogP contribution in [0.2, 0.25) is 0 Å². The van der Waals surface area contributed by atoms with E-state index in [4.69, 9.17) is 0 Å². The van der Waals surface area contributed by atoms with E-state index >= 15 is 0 Å². The third-order valence-electron chi connectivity index (χ3n) is 2.79. The summed E-state index contributed by atoms with van der Waals surface area (Å²) >= 11 is 1.59. The topological polar surface area (TPSA) is 58.2 Å². The predicted molar refractivity (Wildman–Crippen MR) is 77.4 cm³/mol. The summed E-state index contributed by atoms with van der Waals surface area (Å²) in [5.41, 5.74) is 0. The first-order valence-corrected chi connectivity index (χ1v) is 8.63. The van der Waals surface area contributed by atoms with Crippen LogP contribution >= 0.6 is 11.3 Å². The van der Waals surface area contributed by atoms with Crippen LogP contribution in [0.25, 0.3) is 0 Å². The zero-order chi connectivity index (χ0) is 13.6. The van der Waals surface area contributed by atoms with Gasteiger partial charge in [0.05, 0.1) is 11.3 Å². The molecule has 0 saturated heterocycles. The van der Waals surface area contributed by atoms with Crippen LogP contribution in [0.4, 0.5) is 0 Å². The van der Waals surface area contributed by atoms with Crippen LogP contribution in [-0.4, -0.2) is 27.3 Å². The molecule has 1 aromatic rings. The van der Waals surface area contributed by atoms with Crippen molar-refractivity contribution >= 4 is 21.4 Å². The molecule has 18 heavy (non-hydrogen) atoms. The van der Waals surface area contributed by atoms with Crippen molar-refractivity contribution in [1.29, 1.82) is 0 Å². The summed E-state index contributed by atoms with van der Waals surface area (Å²) in [4.78, 5) is 1.08. The average Bonchev–Trinajstić information content (AvgIpc) is 2.82. The van der Waals surface area contributed by atoms with Crippen molar-refractivity contribution in [2.75, 3.05) is 13.6 Å². The predicted octanol–water partition coefficient (Wildman–Crippen LogP) is 2.12. The lowest BCUT2D eigenvalue weighted by molar-refractivity contribution is 0.527. The molecule has 4 nitrogen and oxygen atoms in total. The first kappa shape index (κ1) is 15.6. The van der Waals surface area contributed by atoms with Crippen molar-refractivity contribution in [3.8, 4) is 0 Å². The Morgan fingerprint density at radius 3 is 2.67 bits per heavy atom. The molecule has 0 aliphatic rings. The minimum Gasteiger partial charge on any atom is -0.318 e. The molecule has 0 bridgehead atoms. The van der Waals surface area contributed by atoms with Crippen molar-refractivity contribution in [1.82, 2.24) is 10.0 Å². The zero-order valence-corrected chi connectivity index (χ0v) is 12.8. The van der Waals surface area contributed by atoms with Gasteiger partial charge in [-0.05, 0) is 31.8 Å². The van der Waals surface area contributed by atoms with Crippen LogP contribution in [0.5, 0.6) is 0 Å². The molecule has 104 valence electrons. The van der Waals surface area contributed by atoms with Gasteiger partial charge in [0.25, 0.3) is 0 Å². The molecule has 1 heterocycles. The molecule has 2 N–H and O–H groups in total. The Kier molecular flexibility index (Phi) is 6.28. The maximum absolute atomic E-state index is 12.2. The van der Waals surface area contributed by atoms with E-state index in [1.165, 1.54) is 0 Å². The molecule has 0 saturated carbocycles. The number of sulfonamides is 1. The Bertz CT molecular complexity index is 429. The van der Waals surface area contributed by atoms with E-state index in [0.717, 1.165) is 17.7 Å². The summed E-state index contributed by atoms with van der Waals surface area (Å²) < 4.78 is 27.1. The number of thiophene rings is 1. The van der Waals surface area contributed by atoms with E-state index in [1.807, 2.05) is 17.5 Å². The zero-order valence-electron chi connectivity index (χ0n) is 11.1. The molecule has 0 fully saturated rings. The Hall–Kier alpha value is -0.430. The first-order valence-electron chi connectivity index (χ1n) is 6.20. The van der Waals surface area contributed by atoms with Gasteiger partial charge in [0.2, 0.25) is 10.0 Å². The molecule has 0 aromatic carbocycles. The van der Waals surface area contributed by atoms with E-state index < -0.39 is 15.3 Å². The highest BCUT2D eigenvalue weighted by Gasteiger charge is 2.24. The molecule has 2 atom stereocenters. The van der Waals surface area contributed by atoms with Crippen LogP contribution < -0.4 is 10.0 Å². The lowest BCUT2D eigenvalue weighted by atomic mass is 10.1. The van der Waals surface area contributed by atoms with E-state index in [0.29, 0.717) is 6.54 Å². The fraction of sp³-hybridized carbons (Fsp3) is 0.667. The quantitative estimate of drug-likeness (QED) is 0.771. The second-order valence-electron chi connectivity index (χ2n) is 4.39. The van der Waals surface area contributed by atoms with Crippen molar-refractivity contribution in [3.63, 3.8) is 0 Å². The normalized spacial score (nSPS) is 15.5. The smallest absolute Gasteiger partial charge is 0.216 e. The maximum atomic E-state index is 12.2. The van der Waals surface area contributed by atoms with E-state index in [-0.39, 0.29) is 6.04 Å². The Morgan fingerprint density at radius 2 is 2.17 bits per heavy atom. The fourth-order valence-corrected chi connectivity index (χ4v) is 3.90. The van der Waals surface area contributed by atoms with Crippen molar-refractivity contribution in [2.24, 2.45) is 0 Å². The molecule has 1 rings (SSSR count). The number of rotatable bonds is 8. The monoisotopic (exact) mass is 290 g/mol. The van der Waals surface area contributed by atoms with Crippen LogP contribution in [0.3, 0.4) is 0 Å². The van der Waals surface area contributed by atoms with Gasteiger partial charge >= 0.3 is 0 Å². The molecule has 0 amide bonds. The third-order valence-corrected chi connectivity index (χ3v) is 5.62. The summed E-state index contributed by atoms with van der Waals surface area (Å²) in [6.07, 6.45) is 1.78. The number of hydrogen-bond donors (Lipinski definition) is 2. The molecule has 0 aliphatic carbocycles. The van der Waals surface area contributed by atoms with Crippen molar-refractivity contribution in [3.05, 3.63) is 22.4 Å². The van der Waals surface area contributed by atoms with Gasteiger partial charge < -0.3 is 5.32 Å². The van der Waals surface area contributed by atoms with Gasteiger partial charge in [-0.1, -0.05) is 19.4 Å². The molecular formula is C12H22N2O2S2. The number of hydrogen-bond acceptors (Lipinski definition) is 4. The van der Waals surface area contributed by atoms with Gasteiger partial charge in [-0.3, -0.25) is 0 Å². The van der Waals surface area contributed by atoms with Crippen LogP contribution in [0.15, 0.2) is 17.5 Å². The minimum atomic E-state index is -3.28.